The molecule has 0 aliphatic carbocycles. The zero-order valence-electron chi connectivity index (χ0n) is 11.6. The number of primary amides is 1. The normalized spacial score (nSPS) is 20.6. The quantitative estimate of drug-likeness (QED) is 0.870. The number of hydrogen-bond acceptors (Lipinski definition) is 4. The van der Waals surface area contributed by atoms with Crippen molar-refractivity contribution >= 4 is 17.2 Å². The third-order valence-electron chi connectivity index (χ3n) is 3.65. The van der Waals surface area contributed by atoms with Crippen molar-refractivity contribution in [1.29, 1.82) is 0 Å². The van der Waals surface area contributed by atoms with Gasteiger partial charge in [0.1, 0.15) is 0 Å². The van der Waals surface area contributed by atoms with Crippen LogP contribution in [0, 0.1) is 0 Å². The third kappa shape index (κ3) is 4.01. The molecule has 1 amide bonds. The molecule has 1 saturated heterocycles. The van der Waals surface area contributed by atoms with Crippen molar-refractivity contribution in [3.63, 3.8) is 0 Å². The van der Waals surface area contributed by atoms with Gasteiger partial charge in [0.25, 0.3) is 0 Å². The van der Waals surface area contributed by atoms with Gasteiger partial charge in [-0.05, 0) is 32.2 Å². The van der Waals surface area contributed by atoms with Gasteiger partial charge in [0.2, 0.25) is 5.91 Å². The number of hydrogen-bond donors (Lipinski definition) is 1. The lowest BCUT2D eigenvalue weighted by molar-refractivity contribution is -0.124. The number of piperidine rings is 1. The molecular weight excluding hydrogens is 258 g/mol. The second-order valence-corrected chi connectivity index (χ2v) is 6.16. The number of carbonyl (C=O) groups is 1. The first kappa shape index (κ1) is 14.5. The number of aryl methyl sites for hydroxylation is 1. The summed E-state index contributed by atoms with van der Waals surface area (Å²) in [6.07, 6.45) is 6.60. The number of aromatic nitrogens is 1. The van der Waals surface area contributed by atoms with E-state index in [2.05, 4.69) is 22.2 Å². The smallest absolute Gasteiger partial charge is 0.234 e. The molecule has 0 bridgehead atoms. The number of thiazole rings is 1. The molecule has 2 heterocycles. The Morgan fingerprint density at radius 2 is 2.42 bits per heavy atom. The number of amides is 1. The average molecular weight is 281 g/mol. The minimum atomic E-state index is -0.193. The van der Waals surface area contributed by atoms with Crippen LogP contribution in [0.2, 0.25) is 0 Å². The Morgan fingerprint density at radius 3 is 3.16 bits per heavy atom. The molecule has 1 aromatic rings. The number of nitrogens with zero attached hydrogens (tertiary/aromatic N) is 2. The molecule has 0 saturated carbocycles. The highest BCUT2D eigenvalue weighted by Crippen LogP contribution is 2.21. The van der Waals surface area contributed by atoms with E-state index in [0.717, 1.165) is 44.5 Å². The minimum Gasteiger partial charge on any atom is -0.368 e. The van der Waals surface area contributed by atoms with Crippen molar-refractivity contribution < 1.29 is 4.79 Å². The Bertz CT molecular complexity index is 419. The van der Waals surface area contributed by atoms with Crippen LogP contribution in [0.5, 0.6) is 0 Å². The minimum absolute atomic E-state index is 0.102. The molecule has 1 fully saturated rings. The van der Waals surface area contributed by atoms with Gasteiger partial charge in [0.05, 0.1) is 16.7 Å². The van der Waals surface area contributed by atoms with Gasteiger partial charge >= 0.3 is 0 Å². The summed E-state index contributed by atoms with van der Waals surface area (Å²) in [5.41, 5.74) is 6.57. The van der Waals surface area contributed by atoms with E-state index in [9.17, 15) is 4.79 Å². The molecular formula is C14H23N3OS. The predicted molar refractivity (Wildman–Crippen MR) is 78.0 cm³/mol. The van der Waals surface area contributed by atoms with Crippen molar-refractivity contribution in [2.75, 3.05) is 6.54 Å². The number of rotatable bonds is 6. The fourth-order valence-electron chi connectivity index (χ4n) is 2.57. The first-order valence-corrected chi connectivity index (χ1v) is 8.05. The van der Waals surface area contributed by atoms with E-state index in [-0.39, 0.29) is 11.9 Å². The number of likely N-dealkylation sites (tertiary alicyclic amines) is 1. The topological polar surface area (TPSA) is 59.2 Å². The molecule has 0 aromatic carbocycles. The third-order valence-corrected chi connectivity index (χ3v) is 4.61. The molecule has 2 N–H and O–H groups in total. The Morgan fingerprint density at radius 1 is 1.58 bits per heavy atom. The van der Waals surface area contributed by atoms with Gasteiger partial charge in [-0.15, -0.1) is 11.3 Å². The van der Waals surface area contributed by atoms with Crippen LogP contribution in [0.3, 0.4) is 0 Å². The summed E-state index contributed by atoms with van der Waals surface area (Å²) in [6, 6.07) is -0.102. The van der Waals surface area contributed by atoms with Gasteiger partial charge in [-0.25, -0.2) is 4.98 Å². The van der Waals surface area contributed by atoms with Gasteiger partial charge in [-0.2, -0.15) is 0 Å². The van der Waals surface area contributed by atoms with Gasteiger partial charge in [-0.3, -0.25) is 9.69 Å². The maximum Gasteiger partial charge on any atom is 0.234 e. The highest BCUT2D eigenvalue weighted by atomic mass is 32.1. The number of nitrogens with two attached hydrogens (primary N) is 1. The van der Waals surface area contributed by atoms with E-state index in [1.807, 2.05) is 0 Å². The summed E-state index contributed by atoms with van der Waals surface area (Å²) in [4.78, 5) is 18.3. The summed E-state index contributed by atoms with van der Waals surface area (Å²) in [7, 11) is 0. The van der Waals surface area contributed by atoms with Crippen molar-refractivity contribution in [3.05, 3.63) is 16.1 Å². The van der Waals surface area contributed by atoms with E-state index in [1.54, 1.807) is 11.3 Å². The molecule has 1 aromatic heterocycles. The molecule has 19 heavy (non-hydrogen) atoms. The fourth-order valence-corrected chi connectivity index (χ4v) is 3.41. The van der Waals surface area contributed by atoms with Gasteiger partial charge in [-0.1, -0.05) is 19.8 Å². The van der Waals surface area contributed by atoms with Gasteiger partial charge in [0, 0.05) is 11.9 Å². The summed E-state index contributed by atoms with van der Waals surface area (Å²) in [5.74, 6) is -0.193. The summed E-state index contributed by atoms with van der Waals surface area (Å²) in [5, 5.41) is 3.34. The Hall–Kier alpha value is -0.940. The largest absolute Gasteiger partial charge is 0.368 e. The van der Waals surface area contributed by atoms with Crippen molar-refractivity contribution in [1.82, 2.24) is 9.88 Å². The van der Waals surface area contributed by atoms with Crippen LogP contribution in [-0.2, 0) is 17.8 Å². The lowest BCUT2D eigenvalue weighted by Gasteiger charge is -2.32. The van der Waals surface area contributed by atoms with E-state index in [1.165, 1.54) is 17.8 Å². The number of carbonyl (C=O) groups excluding carboxylic acids is 1. The van der Waals surface area contributed by atoms with Crippen LogP contribution in [-0.4, -0.2) is 28.4 Å². The summed E-state index contributed by atoms with van der Waals surface area (Å²) < 4.78 is 0. The predicted octanol–water partition coefficient (Wildman–Crippen LogP) is 2.33. The van der Waals surface area contributed by atoms with E-state index < -0.39 is 0 Å². The molecule has 1 aliphatic rings. The zero-order chi connectivity index (χ0) is 13.7. The fraction of sp³-hybridized carbons (Fsp3) is 0.714. The van der Waals surface area contributed by atoms with Gasteiger partial charge in [0.15, 0.2) is 0 Å². The average Bonchev–Trinajstić information content (AvgIpc) is 2.84. The zero-order valence-corrected chi connectivity index (χ0v) is 12.4. The number of unbranched alkanes of at least 4 members (excludes halogenated alkanes) is 1. The van der Waals surface area contributed by atoms with Crippen LogP contribution in [0.25, 0.3) is 0 Å². The molecule has 2 rings (SSSR count). The van der Waals surface area contributed by atoms with Crippen LogP contribution in [0.1, 0.15) is 49.7 Å². The monoisotopic (exact) mass is 281 g/mol. The van der Waals surface area contributed by atoms with Gasteiger partial charge < -0.3 is 5.73 Å². The van der Waals surface area contributed by atoms with Crippen molar-refractivity contribution in [3.8, 4) is 0 Å². The van der Waals surface area contributed by atoms with Crippen LogP contribution in [0.4, 0.5) is 0 Å². The second kappa shape index (κ2) is 7.01. The maximum atomic E-state index is 11.5. The van der Waals surface area contributed by atoms with Crippen LogP contribution in [0.15, 0.2) is 5.38 Å². The molecule has 5 heteroatoms. The van der Waals surface area contributed by atoms with E-state index in [0.29, 0.717) is 0 Å². The lowest BCUT2D eigenvalue weighted by Crippen LogP contribution is -2.47. The van der Waals surface area contributed by atoms with E-state index in [4.69, 9.17) is 5.73 Å². The van der Waals surface area contributed by atoms with Crippen molar-refractivity contribution in [2.45, 2.75) is 58.0 Å². The first-order chi connectivity index (χ1) is 9.20. The Kier molecular flexibility index (Phi) is 5.34. The Labute approximate surface area is 119 Å². The molecule has 1 atom stereocenters. The maximum absolute atomic E-state index is 11.5. The summed E-state index contributed by atoms with van der Waals surface area (Å²) >= 11 is 1.73. The molecule has 106 valence electrons. The molecule has 0 spiro atoms. The molecule has 0 radical (unpaired) electrons. The highest BCUT2D eigenvalue weighted by Gasteiger charge is 2.27. The van der Waals surface area contributed by atoms with E-state index >= 15 is 0 Å². The summed E-state index contributed by atoms with van der Waals surface area (Å²) in [6.45, 7) is 3.91. The molecule has 1 aliphatic heterocycles. The molecule has 0 unspecified atom stereocenters. The Balaban J connectivity index is 1.94. The SMILES string of the molecule is CCCCc1nc(CN2CCCC[C@@H]2C(N)=O)cs1. The highest BCUT2D eigenvalue weighted by molar-refractivity contribution is 7.09. The van der Waals surface area contributed by atoms with Crippen LogP contribution >= 0.6 is 11.3 Å². The lowest BCUT2D eigenvalue weighted by atomic mass is 10.0. The molecule has 4 nitrogen and oxygen atoms in total. The first-order valence-electron chi connectivity index (χ1n) is 7.17. The van der Waals surface area contributed by atoms with Crippen LogP contribution < -0.4 is 5.73 Å². The van der Waals surface area contributed by atoms with Crippen molar-refractivity contribution in [2.24, 2.45) is 5.73 Å². The standard InChI is InChI=1S/C14H23N3OS/c1-2-3-7-13-16-11(10-19-13)9-17-8-5-4-6-12(17)14(15)18/h10,12H,2-9H2,1H3,(H2,15,18)/t12-/m1/s1. The second-order valence-electron chi connectivity index (χ2n) is 5.22.